The van der Waals surface area contributed by atoms with E-state index >= 15 is 0 Å². The van der Waals surface area contributed by atoms with Gasteiger partial charge in [0, 0.05) is 18.3 Å². The van der Waals surface area contributed by atoms with E-state index in [1.807, 2.05) is 50.2 Å². The molecule has 35 heavy (non-hydrogen) atoms. The lowest BCUT2D eigenvalue weighted by Gasteiger charge is -2.29. The molecule has 0 bridgehead atoms. The molecule has 0 saturated carbocycles. The fourth-order valence-electron chi connectivity index (χ4n) is 3.48. The number of ether oxygens (including phenoxy) is 2. The largest absolute Gasteiger partial charge is 0.493 e. The average Bonchev–Trinajstić information content (AvgIpc) is 2.86. The van der Waals surface area contributed by atoms with Crippen LogP contribution in [0.25, 0.3) is 0 Å². The van der Waals surface area contributed by atoms with Gasteiger partial charge in [0.2, 0.25) is 0 Å². The number of anilines is 1. The predicted molar refractivity (Wildman–Crippen MR) is 130 cm³/mol. The number of halogens is 3. The minimum Gasteiger partial charge on any atom is -0.493 e. The van der Waals surface area contributed by atoms with Crippen LogP contribution in [0.15, 0.2) is 72.8 Å². The first kappa shape index (κ1) is 25.9. The van der Waals surface area contributed by atoms with Crippen molar-refractivity contribution in [1.29, 1.82) is 0 Å². The molecule has 186 valence electrons. The second-order valence-electron chi connectivity index (χ2n) is 8.15. The summed E-state index contributed by atoms with van der Waals surface area (Å²) in [7, 11) is 1.54. The van der Waals surface area contributed by atoms with Gasteiger partial charge in [0.1, 0.15) is 6.61 Å². The van der Waals surface area contributed by atoms with Crippen LogP contribution in [0.5, 0.6) is 11.5 Å². The molecule has 0 spiro atoms. The van der Waals surface area contributed by atoms with Crippen LogP contribution in [0.4, 0.5) is 23.7 Å². The van der Waals surface area contributed by atoms with E-state index in [2.05, 4.69) is 5.32 Å². The lowest BCUT2D eigenvalue weighted by Crippen LogP contribution is -2.40. The number of rotatable bonds is 9. The summed E-state index contributed by atoms with van der Waals surface area (Å²) in [4.78, 5) is 14.6. The van der Waals surface area contributed by atoms with Crippen LogP contribution in [-0.2, 0) is 19.3 Å². The molecular formula is C27H29F3N2O3. The van der Waals surface area contributed by atoms with E-state index in [-0.39, 0.29) is 18.3 Å². The summed E-state index contributed by atoms with van der Waals surface area (Å²) >= 11 is 0. The highest BCUT2D eigenvalue weighted by molar-refractivity contribution is 5.89. The smallest absolute Gasteiger partial charge is 0.416 e. The van der Waals surface area contributed by atoms with Gasteiger partial charge in [-0.2, -0.15) is 13.2 Å². The zero-order chi connectivity index (χ0) is 25.4. The molecule has 1 unspecified atom stereocenters. The standard InChI is InChI=1S/C27H29F3N2O3/c1-4-19(2)32(26(33)31-23-12-8-11-22(16-23)27(28,29)30)17-21-13-14-24(25(15-21)34-3)35-18-20-9-6-5-7-10-20/h5-16,19H,4,17-18H2,1-3H3,(H,31,33). The Bertz CT molecular complexity index is 1120. The number of carbonyl (C=O) groups excluding carboxylic acids is 1. The van der Waals surface area contributed by atoms with Crippen LogP contribution in [0.1, 0.15) is 37.0 Å². The normalized spacial score (nSPS) is 12.1. The van der Waals surface area contributed by atoms with E-state index in [0.29, 0.717) is 24.5 Å². The number of methoxy groups -OCH3 is 1. The number of amides is 2. The van der Waals surface area contributed by atoms with Crippen LogP contribution >= 0.6 is 0 Å². The Labute approximate surface area is 203 Å². The van der Waals surface area contributed by atoms with Gasteiger partial charge in [0.25, 0.3) is 0 Å². The van der Waals surface area contributed by atoms with Crippen molar-refractivity contribution < 1.29 is 27.4 Å². The van der Waals surface area contributed by atoms with Gasteiger partial charge in [-0.25, -0.2) is 4.79 Å². The fraction of sp³-hybridized carbons (Fsp3) is 0.296. The molecule has 1 N–H and O–H groups in total. The van der Waals surface area contributed by atoms with E-state index in [1.165, 1.54) is 12.1 Å². The SMILES string of the molecule is CCC(C)N(Cc1ccc(OCc2ccccc2)c(OC)c1)C(=O)Nc1cccc(C(F)(F)F)c1. The molecule has 0 fully saturated rings. The molecule has 5 nitrogen and oxygen atoms in total. The average molecular weight is 487 g/mol. The third kappa shape index (κ3) is 7.15. The zero-order valence-electron chi connectivity index (χ0n) is 19.9. The van der Waals surface area contributed by atoms with Gasteiger partial charge in [-0.15, -0.1) is 0 Å². The van der Waals surface area contributed by atoms with Crippen molar-refractivity contribution in [2.75, 3.05) is 12.4 Å². The van der Waals surface area contributed by atoms with Gasteiger partial charge in [0.15, 0.2) is 11.5 Å². The molecule has 0 aliphatic rings. The Kier molecular flexibility index (Phi) is 8.63. The Morgan fingerprint density at radius 3 is 2.37 bits per heavy atom. The number of benzene rings is 3. The maximum atomic E-state index is 13.0. The van der Waals surface area contributed by atoms with Gasteiger partial charge >= 0.3 is 12.2 Å². The lowest BCUT2D eigenvalue weighted by atomic mass is 10.1. The minimum atomic E-state index is -4.49. The monoisotopic (exact) mass is 486 g/mol. The summed E-state index contributed by atoms with van der Waals surface area (Å²) in [5, 5.41) is 2.60. The molecule has 3 rings (SSSR count). The van der Waals surface area contributed by atoms with Crippen LogP contribution in [0.2, 0.25) is 0 Å². The number of carbonyl (C=O) groups is 1. The summed E-state index contributed by atoms with van der Waals surface area (Å²) in [6, 6.07) is 19.1. The van der Waals surface area contributed by atoms with Crippen molar-refractivity contribution in [3.8, 4) is 11.5 Å². The highest BCUT2D eigenvalue weighted by Gasteiger charge is 2.30. The highest BCUT2D eigenvalue weighted by Crippen LogP contribution is 2.32. The Morgan fingerprint density at radius 1 is 0.971 bits per heavy atom. The third-order valence-corrected chi connectivity index (χ3v) is 5.64. The van der Waals surface area contributed by atoms with Crippen molar-refractivity contribution in [1.82, 2.24) is 4.90 Å². The molecule has 0 aliphatic carbocycles. The molecule has 0 radical (unpaired) electrons. The molecule has 0 aromatic heterocycles. The van der Waals surface area contributed by atoms with Crippen molar-refractivity contribution in [2.45, 2.75) is 45.6 Å². The van der Waals surface area contributed by atoms with E-state index in [9.17, 15) is 18.0 Å². The molecule has 3 aromatic rings. The third-order valence-electron chi connectivity index (χ3n) is 5.64. The number of nitrogens with zero attached hydrogens (tertiary/aromatic N) is 1. The van der Waals surface area contributed by atoms with Crippen molar-refractivity contribution in [2.24, 2.45) is 0 Å². The fourth-order valence-corrected chi connectivity index (χ4v) is 3.48. The molecule has 8 heteroatoms. The first-order valence-electron chi connectivity index (χ1n) is 11.3. The van der Waals surface area contributed by atoms with Gasteiger partial charge < -0.3 is 19.7 Å². The quantitative estimate of drug-likeness (QED) is 0.350. The Morgan fingerprint density at radius 2 is 1.71 bits per heavy atom. The zero-order valence-corrected chi connectivity index (χ0v) is 19.9. The topological polar surface area (TPSA) is 50.8 Å². The van der Waals surface area contributed by atoms with Crippen LogP contribution in [0, 0.1) is 0 Å². The summed E-state index contributed by atoms with van der Waals surface area (Å²) < 4.78 is 50.5. The number of alkyl halides is 3. The van der Waals surface area contributed by atoms with Gasteiger partial charge in [-0.3, -0.25) is 0 Å². The van der Waals surface area contributed by atoms with E-state index in [0.717, 1.165) is 23.3 Å². The Balaban J connectivity index is 1.74. The summed E-state index contributed by atoms with van der Waals surface area (Å²) in [6.07, 6.45) is -3.82. The second-order valence-corrected chi connectivity index (χ2v) is 8.15. The lowest BCUT2D eigenvalue weighted by molar-refractivity contribution is -0.137. The van der Waals surface area contributed by atoms with Gasteiger partial charge in [-0.1, -0.05) is 49.4 Å². The second kappa shape index (κ2) is 11.6. The van der Waals surface area contributed by atoms with Gasteiger partial charge in [-0.05, 0) is 54.8 Å². The van der Waals surface area contributed by atoms with Crippen LogP contribution in [0.3, 0.4) is 0 Å². The molecule has 0 heterocycles. The number of urea groups is 1. The summed E-state index contributed by atoms with van der Waals surface area (Å²) in [6.45, 7) is 4.46. The van der Waals surface area contributed by atoms with Crippen LogP contribution < -0.4 is 14.8 Å². The molecule has 0 aliphatic heterocycles. The molecule has 2 amide bonds. The van der Waals surface area contributed by atoms with Crippen molar-refractivity contribution >= 4 is 11.7 Å². The van der Waals surface area contributed by atoms with Gasteiger partial charge in [0.05, 0.1) is 12.7 Å². The summed E-state index contributed by atoms with van der Waals surface area (Å²) in [5.74, 6) is 1.10. The first-order valence-corrected chi connectivity index (χ1v) is 11.3. The molecule has 0 saturated heterocycles. The number of hydrogen-bond donors (Lipinski definition) is 1. The molecule has 1 atom stereocenters. The van der Waals surface area contributed by atoms with E-state index in [1.54, 1.807) is 24.1 Å². The Hall–Kier alpha value is -3.68. The number of hydrogen-bond acceptors (Lipinski definition) is 3. The van der Waals surface area contributed by atoms with E-state index < -0.39 is 17.8 Å². The first-order chi connectivity index (χ1) is 16.7. The van der Waals surface area contributed by atoms with Crippen molar-refractivity contribution in [3.05, 3.63) is 89.5 Å². The minimum absolute atomic E-state index is 0.0837. The van der Waals surface area contributed by atoms with Crippen LogP contribution in [-0.4, -0.2) is 24.1 Å². The van der Waals surface area contributed by atoms with Crippen molar-refractivity contribution in [3.63, 3.8) is 0 Å². The maximum Gasteiger partial charge on any atom is 0.416 e. The molecular weight excluding hydrogens is 457 g/mol. The molecule has 3 aromatic carbocycles. The maximum absolute atomic E-state index is 13.0. The number of nitrogens with one attached hydrogen (secondary N) is 1. The predicted octanol–water partition coefficient (Wildman–Crippen LogP) is 7.13. The highest BCUT2D eigenvalue weighted by atomic mass is 19.4. The van der Waals surface area contributed by atoms with E-state index in [4.69, 9.17) is 9.47 Å². The summed E-state index contributed by atoms with van der Waals surface area (Å²) in [5.41, 5.74) is 1.09.